The third kappa shape index (κ3) is 1.20. The average molecular weight is 166 g/mol. The standard InChI is InChI=1S/C12H22/c1-3-4-8-12(2)9-10-6-5-7-11(10)12/h10-11H,3-9H2,1-2H3. The Balaban J connectivity index is 1.87. The quantitative estimate of drug-likeness (QED) is 0.594. The normalized spacial score (nSPS) is 45.5. The molecular weight excluding hydrogens is 144 g/mol. The minimum atomic E-state index is 0.775. The van der Waals surface area contributed by atoms with Gasteiger partial charge in [0.1, 0.15) is 0 Å². The Hall–Kier alpha value is 0. The zero-order chi connectivity index (χ0) is 8.60. The van der Waals surface area contributed by atoms with Gasteiger partial charge in [0.15, 0.2) is 0 Å². The maximum atomic E-state index is 2.54. The van der Waals surface area contributed by atoms with E-state index < -0.39 is 0 Å². The summed E-state index contributed by atoms with van der Waals surface area (Å²) in [7, 11) is 0. The van der Waals surface area contributed by atoms with Gasteiger partial charge in [-0.1, -0.05) is 39.5 Å². The van der Waals surface area contributed by atoms with Crippen molar-refractivity contribution in [2.75, 3.05) is 0 Å². The SMILES string of the molecule is CCCCC1(C)CC2CCCC21. The van der Waals surface area contributed by atoms with Gasteiger partial charge in [0.25, 0.3) is 0 Å². The Bertz CT molecular complexity index is 161. The third-order valence-electron chi connectivity index (χ3n) is 4.38. The maximum absolute atomic E-state index is 2.54. The van der Waals surface area contributed by atoms with E-state index in [0.717, 1.165) is 17.3 Å². The fourth-order valence-electron chi connectivity index (χ4n) is 3.66. The minimum absolute atomic E-state index is 0.775. The molecule has 0 spiro atoms. The van der Waals surface area contributed by atoms with Crippen LogP contribution in [0, 0.1) is 17.3 Å². The van der Waals surface area contributed by atoms with Gasteiger partial charge in [-0.15, -0.1) is 0 Å². The van der Waals surface area contributed by atoms with E-state index in [1.165, 1.54) is 25.7 Å². The second kappa shape index (κ2) is 3.05. The summed E-state index contributed by atoms with van der Waals surface area (Å²) < 4.78 is 0. The summed E-state index contributed by atoms with van der Waals surface area (Å²) in [5.41, 5.74) is 0.775. The second-order valence-electron chi connectivity index (χ2n) is 5.26. The molecule has 0 radical (unpaired) electrons. The predicted molar refractivity (Wildman–Crippen MR) is 53.1 cm³/mol. The van der Waals surface area contributed by atoms with E-state index in [2.05, 4.69) is 13.8 Å². The molecule has 0 bridgehead atoms. The van der Waals surface area contributed by atoms with Gasteiger partial charge in [-0.05, 0) is 36.5 Å². The van der Waals surface area contributed by atoms with E-state index in [0.29, 0.717) is 0 Å². The Morgan fingerprint density at radius 3 is 2.83 bits per heavy atom. The molecular formula is C12H22. The number of fused-ring (bicyclic) bond motifs is 1. The van der Waals surface area contributed by atoms with Crippen molar-refractivity contribution in [2.45, 2.75) is 58.8 Å². The summed E-state index contributed by atoms with van der Waals surface area (Å²) >= 11 is 0. The molecule has 12 heavy (non-hydrogen) atoms. The molecule has 0 aromatic rings. The molecule has 0 nitrogen and oxygen atoms in total. The highest BCUT2D eigenvalue weighted by Gasteiger charge is 2.51. The average Bonchev–Trinajstić information content (AvgIpc) is 2.43. The van der Waals surface area contributed by atoms with Crippen LogP contribution >= 0.6 is 0 Å². The molecule has 70 valence electrons. The summed E-state index contributed by atoms with van der Waals surface area (Å²) in [4.78, 5) is 0. The van der Waals surface area contributed by atoms with Crippen molar-refractivity contribution in [1.29, 1.82) is 0 Å². The van der Waals surface area contributed by atoms with Gasteiger partial charge in [0, 0.05) is 0 Å². The molecule has 2 fully saturated rings. The zero-order valence-electron chi connectivity index (χ0n) is 8.60. The van der Waals surface area contributed by atoms with Gasteiger partial charge in [-0.3, -0.25) is 0 Å². The van der Waals surface area contributed by atoms with Gasteiger partial charge >= 0.3 is 0 Å². The lowest BCUT2D eigenvalue weighted by molar-refractivity contribution is -0.0131. The summed E-state index contributed by atoms with van der Waals surface area (Å²) in [5.74, 6) is 2.27. The predicted octanol–water partition coefficient (Wildman–Crippen LogP) is 4.00. The molecule has 0 heterocycles. The molecule has 2 aliphatic rings. The number of unbranched alkanes of at least 4 members (excludes halogenated alkanes) is 1. The van der Waals surface area contributed by atoms with Crippen molar-refractivity contribution in [1.82, 2.24) is 0 Å². The summed E-state index contributed by atoms with van der Waals surface area (Å²) in [6.07, 6.45) is 10.5. The van der Waals surface area contributed by atoms with Crippen LogP contribution < -0.4 is 0 Å². The molecule has 2 aliphatic carbocycles. The second-order valence-corrected chi connectivity index (χ2v) is 5.26. The van der Waals surface area contributed by atoms with Crippen molar-refractivity contribution in [3.63, 3.8) is 0 Å². The highest BCUT2D eigenvalue weighted by molar-refractivity contribution is 5.01. The lowest BCUT2D eigenvalue weighted by atomic mass is 9.54. The summed E-state index contributed by atoms with van der Waals surface area (Å²) in [6.45, 7) is 4.85. The molecule has 3 atom stereocenters. The van der Waals surface area contributed by atoms with Crippen LogP contribution in [0.3, 0.4) is 0 Å². The molecule has 3 unspecified atom stereocenters. The first-order chi connectivity index (χ1) is 5.76. The van der Waals surface area contributed by atoms with Gasteiger partial charge in [-0.25, -0.2) is 0 Å². The van der Waals surface area contributed by atoms with Crippen molar-refractivity contribution < 1.29 is 0 Å². The molecule has 2 rings (SSSR count). The smallest absolute Gasteiger partial charge is 0.0292 e. The molecule has 0 saturated heterocycles. The molecule has 2 saturated carbocycles. The monoisotopic (exact) mass is 166 g/mol. The van der Waals surface area contributed by atoms with E-state index in [4.69, 9.17) is 0 Å². The van der Waals surface area contributed by atoms with Crippen molar-refractivity contribution in [3.05, 3.63) is 0 Å². The molecule has 0 N–H and O–H groups in total. The van der Waals surface area contributed by atoms with E-state index in [-0.39, 0.29) is 0 Å². The highest BCUT2D eigenvalue weighted by Crippen LogP contribution is 2.60. The topological polar surface area (TPSA) is 0 Å². The Kier molecular flexibility index (Phi) is 2.18. The lowest BCUT2D eigenvalue weighted by Crippen LogP contribution is -2.42. The van der Waals surface area contributed by atoms with Crippen molar-refractivity contribution in [2.24, 2.45) is 17.3 Å². The fraction of sp³-hybridized carbons (Fsp3) is 1.00. The first kappa shape index (κ1) is 8.59. The molecule has 0 amide bonds. The van der Waals surface area contributed by atoms with Crippen LogP contribution in [0.1, 0.15) is 58.8 Å². The van der Waals surface area contributed by atoms with Crippen LogP contribution in [-0.4, -0.2) is 0 Å². The largest absolute Gasteiger partial charge is 0.0654 e. The van der Waals surface area contributed by atoms with Crippen molar-refractivity contribution in [3.8, 4) is 0 Å². The minimum Gasteiger partial charge on any atom is -0.0654 e. The van der Waals surface area contributed by atoms with Crippen LogP contribution in [-0.2, 0) is 0 Å². The third-order valence-corrected chi connectivity index (χ3v) is 4.38. The van der Waals surface area contributed by atoms with E-state index >= 15 is 0 Å². The van der Waals surface area contributed by atoms with Crippen molar-refractivity contribution >= 4 is 0 Å². The molecule has 0 aromatic carbocycles. The van der Waals surface area contributed by atoms with Gasteiger partial charge < -0.3 is 0 Å². The molecule has 0 heteroatoms. The van der Waals surface area contributed by atoms with E-state index in [1.54, 1.807) is 19.3 Å². The van der Waals surface area contributed by atoms with Crippen LogP contribution in [0.5, 0.6) is 0 Å². The van der Waals surface area contributed by atoms with Gasteiger partial charge in [-0.2, -0.15) is 0 Å². The maximum Gasteiger partial charge on any atom is -0.0292 e. The zero-order valence-corrected chi connectivity index (χ0v) is 8.60. The van der Waals surface area contributed by atoms with Crippen LogP contribution in [0.15, 0.2) is 0 Å². The van der Waals surface area contributed by atoms with E-state index in [1.807, 2.05) is 0 Å². The number of hydrogen-bond acceptors (Lipinski definition) is 0. The fourth-order valence-corrected chi connectivity index (χ4v) is 3.66. The van der Waals surface area contributed by atoms with Crippen LogP contribution in [0.4, 0.5) is 0 Å². The van der Waals surface area contributed by atoms with E-state index in [9.17, 15) is 0 Å². The Labute approximate surface area is 76.7 Å². The highest BCUT2D eigenvalue weighted by atomic mass is 14.6. The number of rotatable bonds is 3. The number of hydrogen-bond donors (Lipinski definition) is 0. The summed E-state index contributed by atoms with van der Waals surface area (Å²) in [6, 6.07) is 0. The lowest BCUT2D eigenvalue weighted by Gasteiger charge is -2.51. The molecule has 0 aromatic heterocycles. The summed E-state index contributed by atoms with van der Waals surface area (Å²) in [5, 5.41) is 0. The molecule has 0 aliphatic heterocycles. The first-order valence-corrected chi connectivity index (χ1v) is 5.76. The first-order valence-electron chi connectivity index (χ1n) is 5.76. The van der Waals surface area contributed by atoms with Crippen LogP contribution in [0.2, 0.25) is 0 Å². The van der Waals surface area contributed by atoms with Gasteiger partial charge in [0.2, 0.25) is 0 Å². The van der Waals surface area contributed by atoms with Crippen LogP contribution in [0.25, 0.3) is 0 Å². The van der Waals surface area contributed by atoms with Gasteiger partial charge in [0.05, 0.1) is 0 Å². The Morgan fingerprint density at radius 2 is 2.17 bits per heavy atom. The Morgan fingerprint density at radius 1 is 1.33 bits per heavy atom.